The second kappa shape index (κ2) is 6.70. The molecule has 0 radical (unpaired) electrons. The van der Waals surface area contributed by atoms with Gasteiger partial charge < -0.3 is 4.74 Å². The Labute approximate surface area is 148 Å². The third-order valence-corrected chi connectivity index (χ3v) is 4.44. The van der Waals surface area contributed by atoms with Crippen molar-refractivity contribution in [2.75, 3.05) is 0 Å². The Bertz CT molecular complexity index is 889. The predicted molar refractivity (Wildman–Crippen MR) is 93.8 cm³/mol. The Morgan fingerprint density at radius 3 is 2.25 bits per heavy atom. The van der Waals surface area contributed by atoms with Crippen LogP contribution < -0.4 is 0 Å². The van der Waals surface area contributed by atoms with E-state index in [1.54, 1.807) is 0 Å². The Hall–Kier alpha value is -2.89. The van der Waals surface area contributed by atoms with E-state index in [9.17, 15) is 10.5 Å². The van der Waals surface area contributed by atoms with Gasteiger partial charge in [0.1, 0.15) is 5.92 Å². The van der Waals surface area contributed by atoms with Crippen LogP contribution in [0, 0.1) is 34.0 Å². The van der Waals surface area contributed by atoms with Crippen molar-refractivity contribution >= 4 is 27.6 Å². The summed E-state index contributed by atoms with van der Waals surface area (Å²) in [5, 5.41) is 27.3. The molecule has 2 aromatic carbocycles. The van der Waals surface area contributed by atoms with Gasteiger partial charge in [-0.3, -0.25) is 5.41 Å². The molecule has 1 N–H and O–H groups in total. The zero-order chi connectivity index (χ0) is 17.1. The van der Waals surface area contributed by atoms with Gasteiger partial charge in [0.2, 0.25) is 5.90 Å². The van der Waals surface area contributed by atoms with Crippen LogP contribution in [0.1, 0.15) is 17.0 Å². The molecule has 2 unspecified atom stereocenters. The minimum atomic E-state index is -0.818. The van der Waals surface area contributed by atoms with Gasteiger partial charge in [-0.15, -0.1) is 0 Å². The number of hydrogen-bond acceptors (Lipinski definition) is 4. The monoisotopic (exact) mass is 377 g/mol. The van der Waals surface area contributed by atoms with Crippen LogP contribution >= 0.6 is 15.9 Å². The molecule has 0 spiro atoms. The molecule has 2 atom stereocenters. The van der Waals surface area contributed by atoms with Crippen LogP contribution in [0.15, 0.2) is 64.6 Å². The van der Waals surface area contributed by atoms with Crippen molar-refractivity contribution in [1.82, 2.24) is 0 Å². The molecule has 0 fully saturated rings. The molecule has 4 nitrogen and oxygen atoms in total. The van der Waals surface area contributed by atoms with Crippen LogP contribution in [-0.2, 0) is 4.74 Å². The zero-order valence-electron chi connectivity index (χ0n) is 12.5. The smallest absolute Gasteiger partial charge is 0.205 e. The molecule has 0 aliphatic carbocycles. The van der Waals surface area contributed by atoms with E-state index in [-0.39, 0.29) is 5.90 Å². The van der Waals surface area contributed by atoms with Gasteiger partial charge in [0.15, 0.2) is 5.76 Å². The number of ether oxygens (including phenoxy) is 1. The maximum Gasteiger partial charge on any atom is 0.205 e. The molecule has 5 heteroatoms. The first-order chi connectivity index (χ1) is 11.7. The van der Waals surface area contributed by atoms with Crippen molar-refractivity contribution in [2.24, 2.45) is 5.92 Å². The number of rotatable bonds is 2. The van der Waals surface area contributed by atoms with Gasteiger partial charge in [-0.2, -0.15) is 10.5 Å². The summed E-state index contributed by atoms with van der Waals surface area (Å²) in [6.07, 6.45) is 0. The minimum absolute atomic E-state index is 0.136. The first-order valence-electron chi connectivity index (χ1n) is 7.26. The van der Waals surface area contributed by atoms with Crippen molar-refractivity contribution in [3.05, 3.63) is 75.8 Å². The number of nitrogens with one attached hydrogen (secondary N) is 1. The van der Waals surface area contributed by atoms with Crippen molar-refractivity contribution < 1.29 is 4.74 Å². The zero-order valence-corrected chi connectivity index (χ0v) is 14.1. The average molecular weight is 378 g/mol. The van der Waals surface area contributed by atoms with Crippen LogP contribution in [0.5, 0.6) is 0 Å². The van der Waals surface area contributed by atoms with Crippen molar-refractivity contribution in [3.63, 3.8) is 0 Å². The summed E-state index contributed by atoms with van der Waals surface area (Å²) in [7, 11) is 0. The lowest BCUT2D eigenvalue weighted by atomic mass is 9.78. The summed E-state index contributed by atoms with van der Waals surface area (Å²) < 4.78 is 6.48. The average Bonchev–Trinajstić information content (AvgIpc) is 2.62. The second-order valence-electron chi connectivity index (χ2n) is 5.32. The normalized spacial score (nSPS) is 20.0. The van der Waals surface area contributed by atoms with Crippen LogP contribution in [0.4, 0.5) is 0 Å². The van der Waals surface area contributed by atoms with E-state index in [1.165, 1.54) is 0 Å². The highest BCUT2D eigenvalue weighted by Crippen LogP contribution is 2.41. The predicted octanol–water partition coefficient (Wildman–Crippen LogP) is 4.61. The second-order valence-corrected chi connectivity index (χ2v) is 6.24. The van der Waals surface area contributed by atoms with Gasteiger partial charge in [-0.25, -0.2) is 0 Å². The molecular formula is C19H12BrN3O. The number of hydrogen-bond donors (Lipinski definition) is 1. The number of nitriles is 2. The van der Waals surface area contributed by atoms with E-state index in [0.717, 1.165) is 10.0 Å². The van der Waals surface area contributed by atoms with E-state index in [2.05, 4.69) is 28.1 Å². The summed E-state index contributed by atoms with van der Waals surface area (Å²) in [5.74, 6) is -1.12. The fraction of sp³-hybridized carbons (Fsp3) is 0.105. The maximum atomic E-state index is 9.73. The summed E-state index contributed by atoms with van der Waals surface area (Å²) >= 11 is 3.38. The van der Waals surface area contributed by atoms with E-state index in [1.807, 2.05) is 54.6 Å². The first kappa shape index (κ1) is 16.0. The summed E-state index contributed by atoms with van der Waals surface area (Å²) in [6.45, 7) is 0. The number of nitrogens with zero attached hydrogens (tertiary/aromatic N) is 2. The quantitative estimate of drug-likeness (QED) is 0.828. The lowest BCUT2D eigenvalue weighted by Gasteiger charge is -2.29. The number of halogens is 1. The topological polar surface area (TPSA) is 80.7 Å². The standard InChI is InChI=1S/C19H12BrN3O/c20-14-8-6-13(7-9-14)18-15(10-21)17(12-4-2-1-3-5-12)16(11-22)19(23)24-18/h1-9,16-17,23H. The SMILES string of the molecule is N#CC1=C(c2ccc(Br)cc2)OC(=N)C(C#N)C1c1ccccc1. The van der Waals surface area contributed by atoms with Crippen molar-refractivity contribution in [1.29, 1.82) is 15.9 Å². The lowest BCUT2D eigenvalue weighted by Crippen LogP contribution is -2.29. The highest BCUT2D eigenvalue weighted by molar-refractivity contribution is 9.10. The molecule has 24 heavy (non-hydrogen) atoms. The molecule has 3 rings (SSSR count). The van der Waals surface area contributed by atoms with Gasteiger partial charge in [0.25, 0.3) is 0 Å². The third-order valence-electron chi connectivity index (χ3n) is 3.91. The summed E-state index contributed by atoms with van der Waals surface area (Å²) in [6, 6.07) is 21.0. The van der Waals surface area contributed by atoms with Crippen LogP contribution in [0.25, 0.3) is 5.76 Å². The molecule has 0 amide bonds. The molecule has 1 heterocycles. The number of allylic oxidation sites excluding steroid dienone is 1. The van der Waals surface area contributed by atoms with E-state index < -0.39 is 11.8 Å². The lowest BCUT2D eigenvalue weighted by molar-refractivity contribution is 0.426. The van der Waals surface area contributed by atoms with Gasteiger partial charge in [0.05, 0.1) is 17.7 Å². The highest BCUT2D eigenvalue weighted by atomic mass is 79.9. The molecular weight excluding hydrogens is 366 g/mol. The minimum Gasteiger partial charge on any atom is -0.440 e. The molecule has 0 aromatic heterocycles. The van der Waals surface area contributed by atoms with Crippen molar-refractivity contribution in [2.45, 2.75) is 5.92 Å². The Balaban J connectivity index is 2.21. The Morgan fingerprint density at radius 1 is 1.00 bits per heavy atom. The summed E-state index contributed by atoms with van der Waals surface area (Å²) in [4.78, 5) is 0. The van der Waals surface area contributed by atoms with E-state index >= 15 is 0 Å². The maximum absolute atomic E-state index is 9.73. The fourth-order valence-corrected chi connectivity index (χ4v) is 3.04. The molecule has 2 aromatic rings. The van der Waals surface area contributed by atoms with E-state index in [0.29, 0.717) is 16.9 Å². The van der Waals surface area contributed by atoms with Crippen LogP contribution in [0.3, 0.4) is 0 Å². The third kappa shape index (κ3) is 2.82. The molecule has 1 aliphatic rings. The first-order valence-corrected chi connectivity index (χ1v) is 8.06. The molecule has 0 saturated carbocycles. The van der Waals surface area contributed by atoms with Gasteiger partial charge >= 0.3 is 0 Å². The fourth-order valence-electron chi connectivity index (χ4n) is 2.78. The molecule has 1 aliphatic heterocycles. The number of benzene rings is 2. The van der Waals surface area contributed by atoms with Crippen molar-refractivity contribution in [3.8, 4) is 12.1 Å². The van der Waals surface area contributed by atoms with Gasteiger partial charge in [-0.1, -0.05) is 58.4 Å². The van der Waals surface area contributed by atoms with Crippen LogP contribution in [0.2, 0.25) is 0 Å². The molecule has 116 valence electrons. The van der Waals surface area contributed by atoms with Gasteiger partial charge in [-0.05, 0) is 17.7 Å². The Morgan fingerprint density at radius 2 is 1.67 bits per heavy atom. The Kier molecular flexibility index (Phi) is 4.46. The van der Waals surface area contributed by atoms with Crippen LogP contribution in [-0.4, -0.2) is 5.90 Å². The van der Waals surface area contributed by atoms with Gasteiger partial charge in [0, 0.05) is 16.0 Å². The molecule has 0 saturated heterocycles. The van der Waals surface area contributed by atoms with E-state index in [4.69, 9.17) is 10.1 Å². The molecule has 0 bridgehead atoms. The highest BCUT2D eigenvalue weighted by Gasteiger charge is 2.39. The largest absolute Gasteiger partial charge is 0.440 e. The summed E-state index contributed by atoms with van der Waals surface area (Å²) in [5.41, 5.74) is 1.89.